The topological polar surface area (TPSA) is 111 Å². The van der Waals surface area contributed by atoms with Crippen molar-refractivity contribution in [2.24, 2.45) is 0 Å². The molecule has 0 aliphatic rings. The van der Waals surface area contributed by atoms with Gasteiger partial charge in [-0.05, 0) is 77.0 Å². The maximum Gasteiger partial charge on any atom is 0.310 e. The fourth-order valence-electron chi connectivity index (χ4n) is 8.92. The van der Waals surface area contributed by atoms with Crippen LogP contribution in [-0.2, 0) is 33.3 Å². The van der Waals surface area contributed by atoms with Gasteiger partial charge in [0, 0.05) is 6.42 Å². The predicted molar refractivity (Wildman–Crippen MR) is 334 cm³/mol. The molecule has 9 heteroatoms. The lowest BCUT2D eigenvalue weighted by Crippen LogP contribution is -2.44. The minimum absolute atomic E-state index is 0.0134. The zero-order valence-corrected chi connectivity index (χ0v) is 51.7. The van der Waals surface area contributed by atoms with E-state index in [0.717, 1.165) is 57.8 Å². The Kier molecular flexibility index (Phi) is 57.4. The second kappa shape index (κ2) is 60.3. The van der Waals surface area contributed by atoms with Gasteiger partial charge in [-0.2, -0.15) is 0 Å². The lowest BCUT2D eigenvalue weighted by molar-refractivity contribution is -0.870. The quantitative estimate of drug-likeness (QED) is 0.0195. The van der Waals surface area contributed by atoms with Crippen LogP contribution >= 0.6 is 0 Å². The highest BCUT2D eigenvalue weighted by Crippen LogP contribution is 2.17. The first-order valence-electron chi connectivity index (χ1n) is 32.4. The largest absolute Gasteiger partial charge is 0.545 e. The van der Waals surface area contributed by atoms with Crippen LogP contribution < -0.4 is 5.11 Å². The lowest BCUT2D eigenvalue weighted by atomic mass is 10.0. The van der Waals surface area contributed by atoms with Gasteiger partial charge in [-0.15, -0.1) is 0 Å². The van der Waals surface area contributed by atoms with Crippen LogP contribution in [0, 0.1) is 0 Å². The number of ether oxygens (including phenoxy) is 4. The summed E-state index contributed by atoms with van der Waals surface area (Å²) < 4.78 is 22.5. The molecule has 0 spiro atoms. The lowest BCUT2D eigenvalue weighted by Gasteiger charge is -2.26. The van der Waals surface area contributed by atoms with Gasteiger partial charge in [0.15, 0.2) is 12.4 Å². The Labute approximate surface area is 486 Å². The van der Waals surface area contributed by atoms with Crippen LogP contribution in [0.5, 0.6) is 0 Å². The second-order valence-electron chi connectivity index (χ2n) is 22.7. The molecule has 0 aliphatic carbocycles. The van der Waals surface area contributed by atoms with Crippen LogP contribution in [-0.4, -0.2) is 82.3 Å². The Morgan fingerprint density at radius 3 is 1.14 bits per heavy atom. The molecule has 0 fully saturated rings. The number of carbonyl (C=O) groups excluding carboxylic acids is 3. The molecule has 0 bridgehead atoms. The molecule has 0 radical (unpaired) electrons. The fraction of sp³-hybridized carbons (Fsp3) is 0.729. The van der Waals surface area contributed by atoms with Crippen molar-refractivity contribution in [1.82, 2.24) is 0 Å². The van der Waals surface area contributed by atoms with Gasteiger partial charge in [-0.3, -0.25) is 9.59 Å². The molecule has 0 aromatic carbocycles. The molecule has 2 atom stereocenters. The first-order chi connectivity index (χ1) is 38.6. The van der Waals surface area contributed by atoms with Gasteiger partial charge < -0.3 is 33.3 Å². The third-order valence-electron chi connectivity index (χ3n) is 13.8. The number of unbranched alkanes of at least 4 members (excludes halogenated alkanes) is 29. The summed E-state index contributed by atoms with van der Waals surface area (Å²) in [6.45, 7) is 4.51. The van der Waals surface area contributed by atoms with Gasteiger partial charge in [0.25, 0.3) is 0 Å². The molecule has 0 aliphatic heterocycles. The number of rotatable bonds is 59. The molecule has 454 valence electrons. The first-order valence-corrected chi connectivity index (χ1v) is 32.4. The van der Waals surface area contributed by atoms with Crippen LogP contribution in [0.3, 0.4) is 0 Å². The van der Waals surface area contributed by atoms with E-state index in [2.05, 4.69) is 92.8 Å². The standard InChI is InChI=1S/C70H121NO8/c1-6-8-10-12-14-16-18-20-22-23-24-25-26-27-28-29-30-31-32-33-34-35-36-37-38-39-40-41-42-43-44-45-47-48-50-52-54-56-58-60-67(72)77-64-66(65-78-70(69(74)75)76-63-62-71(3,4)5)79-68(73)61-59-57-55-53-51-49-46-21-19-17-15-13-11-9-7-2/h9,11,15,17-18,20-21,23-24,26-27,46,51,53,57,59,66,70H,6-8,10,12-14,16,19,22,25,28-45,47-50,52,54-56,58,60-65H2,1-5H3/b11-9-,17-15-,20-18-,24-23-,27-26-,46-21-,53-51-,59-57-. The minimum atomic E-state index is -1.65. The van der Waals surface area contributed by atoms with E-state index in [-0.39, 0.29) is 38.6 Å². The zero-order valence-electron chi connectivity index (χ0n) is 51.7. The Balaban J connectivity index is 4.00. The third-order valence-corrected chi connectivity index (χ3v) is 13.8. The summed E-state index contributed by atoms with van der Waals surface area (Å²) in [4.78, 5) is 37.2. The second-order valence-corrected chi connectivity index (χ2v) is 22.7. The number of quaternary nitrogens is 1. The maximum absolute atomic E-state index is 12.8. The van der Waals surface area contributed by atoms with Crippen LogP contribution in [0.1, 0.15) is 271 Å². The molecule has 0 amide bonds. The smallest absolute Gasteiger partial charge is 0.310 e. The summed E-state index contributed by atoms with van der Waals surface area (Å²) in [5.74, 6) is -2.45. The highest BCUT2D eigenvalue weighted by Gasteiger charge is 2.21. The Morgan fingerprint density at radius 2 is 0.759 bits per heavy atom. The van der Waals surface area contributed by atoms with Crippen molar-refractivity contribution in [1.29, 1.82) is 0 Å². The summed E-state index contributed by atoms with van der Waals surface area (Å²) in [6.07, 6.45) is 79.7. The molecule has 0 saturated carbocycles. The first kappa shape index (κ1) is 75.2. The fourth-order valence-corrected chi connectivity index (χ4v) is 8.92. The molecule has 0 aromatic heterocycles. The molecule has 9 nitrogen and oxygen atoms in total. The van der Waals surface area contributed by atoms with E-state index < -0.39 is 24.3 Å². The van der Waals surface area contributed by atoms with Crippen LogP contribution in [0.15, 0.2) is 97.2 Å². The number of esters is 2. The molecule has 0 aromatic rings. The van der Waals surface area contributed by atoms with Crippen LogP contribution in [0.4, 0.5) is 0 Å². The average molecular weight is 1100 g/mol. The number of carboxylic acid groups (broad SMARTS) is 1. The van der Waals surface area contributed by atoms with Crippen molar-refractivity contribution in [3.8, 4) is 0 Å². The van der Waals surface area contributed by atoms with Crippen LogP contribution in [0.2, 0.25) is 0 Å². The van der Waals surface area contributed by atoms with E-state index in [1.165, 1.54) is 180 Å². The Bertz CT molecular complexity index is 1620. The predicted octanol–water partition coefficient (Wildman–Crippen LogP) is 18.4. The summed E-state index contributed by atoms with van der Waals surface area (Å²) in [5, 5.41) is 11.8. The average Bonchev–Trinajstić information content (AvgIpc) is 3.42. The molecular weight excluding hydrogens is 983 g/mol. The summed E-state index contributed by atoms with van der Waals surface area (Å²) in [7, 11) is 5.89. The molecule has 0 heterocycles. The summed E-state index contributed by atoms with van der Waals surface area (Å²) >= 11 is 0. The van der Waals surface area contributed by atoms with Gasteiger partial charge in [0.05, 0.1) is 46.7 Å². The van der Waals surface area contributed by atoms with Crippen molar-refractivity contribution < 1.29 is 42.9 Å². The minimum Gasteiger partial charge on any atom is -0.545 e. The van der Waals surface area contributed by atoms with E-state index in [1.807, 2.05) is 33.3 Å². The van der Waals surface area contributed by atoms with E-state index >= 15 is 0 Å². The van der Waals surface area contributed by atoms with Gasteiger partial charge in [0.1, 0.15) is 13.2 Å². The van der Waals surface area contributed by atoms with Crippen LogP contribution in [0.25, 0.3) is 0 Å². The third kappa shape index (κ3) is 61.7. The number of hydrogen-bond acceptors (Lipinski definition) is 8. The summed E-state index contributed by atoms with van der Waals surface area (Å²) in [5.41, 5.74) is 0. The van der Waals surface area contributed by atoms with Gasteiger partial charge in [-0.1, -0.05) is 278 Å². The number of allylic oxidation sites excluding steroid dienone is 15. The Hall–Kier alpha value is -3.79. The number of hydrogen-bond donors (Lipinski definition) is 0. The number of likely N-dealkylation sites (N-methyl/N-ethyl adjacent to an activating group) is 1. The molecular formula is C70H121NO8. The van der Waals surface area contributed by atoms with E-state index in [1.54, 1.807) is 6.08 Å². The van der Waals surface area contributed by atoms with Crippen molar-refractivity contribution in [2.75, 3.05) is 47.5 Å². The van der Waals surface area contributed by atoms with E-state index in [4.69, 9.17) is 18.9 Å². The van der Waals surface area contributed by atoms with Gasteiger partial charge in [-0.25, -0.2) is 0 Å². The zero-order chi connectivity index (χ0) is 57.6. The highest BCUT2D eigenvalue weighted by atomic mass is 16.7. The monoisotopic (exact) mass is 1100 g/mol. The van der Waals surface area contributed by atoms with E-state index in [0.29, 0.717) is 17.4 Å². The molecule has 0 N–H and O–H groups in total. The molecule has 79 heavy (non-hydrogen) atoms. The molecule has 0 rings (SSSR count). The van der Waals surface area contributed by atoms with Crippen molar-refractivity contribution >= 4 is 17.9 Å². The van der Waals surface area contributed by atoms with Gasteiger partial charge >= 0.3 is 11.9 Å². The van der Waals surface area contributed by atoms with Crippen molar-refractivity contribution in [2.45, 2.75) is 283 Å². The number of carbonyl (C=O) groups is 3. The summed E-state index contributed by atoms with van der Waals surface area (Å²) in [6, 6.07) is 0. The number of carboxylic acids is 1. The normalized spacial score (nSPS) is 13.4. The van der Waals surface area contributed by atoms with Crippen molar-refractivity contribution in [3.05, 3.63) is 97.2 Å². The number of nitrogens with zero attached hydrogens (tertiary/aromatic N) is 1. The van der Waals surface area contributed by atoms with Crippen molar-refractivity contribution in [3.63, 3.8) is 0 Å². The van der Waals surface area contributed by atoms with Gasteiger partial charge in [0.2, 0.25) is 0 Å². The maximum atomic E-state index is 12.8. The SMILES string of the molecule is CC/C=C\C/C=C\C/C=C\C/C=C\C/C=C\CC(=O)OC(COC(=O)CCCCCCCCCCCCCCCCCCCCCCCCCC/C=C\C/C=C\C/C=C\CCCCCCC)COC(OCC[N+](C)(C)C)C(=O)[O-]. The number of aliphatic carboxylic acids is 1. The highest BCUT2D eigenvalue weighted by molar-refractivity contribution is 5.71. The Morgan fingerprint density at radius 1 is 0.405 bits per heavy atom. The molecule has 2 unspecified atom stereocenters. The van der Waals surface area contributed by atoms with E-state index in [9.17, 15) is 19.5 Å². The molecule has 0 saturated heterocycles.